The molecule has 2 aromatic rings. The van der Waals surface area contributed by atoms with Crippen molar-refractivity contribution in [2.75, 3.05) is 5.32 Å². The van der Waals surface area contributed by atoms with Gasteiger partial charge in [0.05, 0.1) is 28.5 Å². The molecule has 3 atom stereocenters. The zero-order valence-electron chi connectivity index (χ0n) is 20.9. The molecule has 1 unspecified atom stereocenters. The molecule has 2 aromatic carbocycles. The highest BCUT2D eigenvalue weighted by atomic mass is 35.5. The van der Waals surface area contributed by atoms with E-state index in [1.54, 1.807) is 26.8 Å². The molecule has 0 aliphatic heterocycles. The van der Waals surface area contributed by atoms with Gasteiger partial charge in [0.25, 0.3) is 5.92 Å². The topological polar surface area (TPSA) is 55.4 Å². The van der Waals surface area contributed by atoms with E-state index in [1.165, 1.54) is 36.4 Å². The van der Waals surface area contributed by atoms with Crippen molar-refractivity contribution in [3.05, 3.63) is 64.2 Å². The maximum atomic E-state index is 13.7. The summed E-state index contributed by atoms with van der Waals surface area (Å²) in [7, 11) is 0. The number of esters is 1. The van der Waals surface area contributed by atoms with Crippen LogP contribution in [-0.4, -0.2) is 29.6 Å². The Balaban J connectivity index is 1.80. The smallest absolute Gasteiger partial charge is 0.392 e. The summed E-state index contributed by atoms with van der Waals surface area (Å²) in [6.07, 6.45) is -4.67. The fourth-order valence-corrected chi connectivity index (χ4v) is 4.20. The molecule has 37 heavy (non-hydrogen) atoms. The lowest BCUT2D eigenvalue weighted by molar-refractivity contribution is -0.178. The van der Waals surface area contributed by atoms with Crippen LogP contribution in [0.5, 0.6) is 0 Å². The standard InChI is InChI=1S/C27H29ClF5NO3/c1-15(27(31,32)33)23(18-9-7-17(8-10-18)19-14-26(19,29)30)24(36)34-21-13-16(5-11-20(21)28)6-12-22(35)37-25(2,3)4/h5,7-11,13,15,19,23H,6,12,14H2,1-4H3,(H,34,36)/t15-,19?,23+/m1/s1. The van der Waals surface area contributed by atoms with E-state index in [0.29, 0.717) is 11.1 Å². The number of nitrogens with one attached hydrogen (secondary N) is 1. The third-order valence-corrected chi connectivity index (χ3v) is 6.48. The molecule has 0 heterocycles. The van der Waals surface area contributed by atoms with E-state index in [0.717, 1.165) is 6.92 Å². The van der Waals surface area contributed by atoms with Crippen molar-refractivity contribution in [2.24, 2.45) is 5.92 Å². The van der Waals surface area contributed by atoms with Crippen LogP contribution >= 0.6 is 11.6 Å². The number of halogens is 6. The first-order chi connectivity index (χ1) is 17.0. The fourth-order valence-electron chi connectivity index (χ4n) is 4.04. The maximum Gasteiger partial charge on any atom is 0.392 e. The molecule has 0 bridgehead atoms. The summed E-state index contributed by atoms with van der Waals surface area (Å²) < 4.78 is 73.1. The summed E-state index contributed by atoms with van der Waals surface area (Å²) in [6.45, 7) is 6.13. The molecule has 1 saturated carbocycles. The number of anilines is 1. The van der Waals surface area contributed by atoms with E-state index in [9.17, 15) is 31.5 Å². The van der Waals surface area contributed by atoms with Crippen LogP contribution in [0.15, 0.2) is 42.5 Å². The highest BCUT2D eigenvalue weighted by Gasteiger charge is 2.57. The van der Waals surface area contributed by atoms with E-state index < -0.39 is 47.3 Å². The number of rotatable bonds is 8. The molecule has 1 amide bonds. The maximum absolute atomic E-state index is 13.7. The van der Waals surface area contributed by atoms with Crippen molar-refractivity contribution in [3.8, 4) is 0 Å². The van der Waals surface area contributed by atoms with Gasteiger partial charge in [-0.3, -0.25) is 9.59 Å². The van der Waals surface area contributed by atoms with Gasteiger partial charge < -0.3 is 10.1 Å². The van der Waals surface area contributed by atoms with E-state index in [-0.39, 0.29) is 35.5 Å². The van der Waals surface area contributed by atoms with Crippen molar-refractivity contribution in [1.29, 1.82) is 0 Å². The SMILES string of the molecule is C[C@H]([C@H](C(=O)Nc1cc(CCC(=O)OC(C)(C)C)ccc1Cl)c1ccc(C2CC2(F)F)cc1)C(F)(F)F. The molecular weight excluding hydrogens is 517 g/mol. The molecule has 1 aliphatic rings. The van der Waals surface area contributed by atoms with Gasteiger partial charge >= 0.3 is 12.1 Å². The number of hydrogen-bond acceptors (Lipinski definition) is 3. The largest absolute Gasteiger partial charge is 0.460 e. The Kier molecular flexibility index (Phi) is 8.27. The average molecular weight is 546 g/mol. The normalized spacial score (nSPS) is 18.6. The minimum Gasteiger partial charge on any atom is -0.460 e. The van der Waals surface area contributed by atoms with Crippen LogP contribution in [0, 0.1) is 5.92 Å². The first-order valence-electron chi connectivity index (χ1n) is 11.8. The molecular formula is C27H29ClF5NO3. The second-order valence-electron chi connectivity index (χ2n) is 10.4. The number of ether oxygens (including phenoxy) is 1. The molecule has 0 spiro atoms. The van der Waals surface area contributed by atoms with Crippen LogP contribution in [0.1, 0.15) is 69.1 Å². The summed E-state index contributed by atoms with van der Waals surface area (Å²) in [5.41, 5.74) is 0.446. The Morgan fingerprint density at radius 1 is 1.11 bits per heavy atom. The summed E-state index contributed by atoms with van der Waals surface area (Å²) in [4.78, 5) is 25.2. The average Bonchev–Trinajstić information content (AvgIpc) is 3.41. The Morgan fingerprint density at radius 3 is 2.22 bits per heavy atom. The highest BCUT2D eigenvalue weighted by molar-refractivity contribution is 6.33. The number of carbonyl (C=O) groups excluding carboxylic acids is 2. The molecule has 0 saturated heterocycles. The van der Waals surface area contributed by atoms with Gasteiger partial charge in [-0.15, -0.1) is 0 Å². The van der Waals surface area contributed by atoms with Gasteiger partial charge in [-0.1, -0.05) is 48.9 Å². The highest BCUT2D eigenvalue weighted by Crippen LogP contribution is 2.55. The van der Waals surface area contributed by atoms with Gasteiger partial charge in [0.2, 0.25) is 5.91 Å². The monoisotopic (exact) mass is 545 g/mol. The second-order valence-corrected chi connectivity index (χ2v) is 10.8. The van der Waals surface area contributed by atoms with Crippen molar-refractivity contribution in [1.82, 2.24) is 0 Å². The molecule has 0 radical (unpaired) electrons. The van der Waals surface area contributed by atoms with Crippen molar-refractivity contribution in [2.45, 2.75) is 76.5 Å². The van der Waals surface area contributed by atoms with Gasteiger partial charge in [-0.05, 0) is 56.0 Å². The summed E-state index contributed by atoms with van der Waals surface area (Å²) >= 11 is 6.20. The molecule has 0 aromatic heterocycles. The molecule has 4 nitrogen and oxygen atoms in total. The zero-order valence-corrected chi connectivity index (χ0v) is 21.6. The first kappa shape index (κ1) is 28.9. The minimum absolute atomic E-state index is 0.0484. The van der Waals surface area contributed by atoms with Crippen molar-refractivity contribution >= 4 is 29.2 Å². The summed E-state index contributed by atoms with van der Waals surface area (Å²) in [6, 6.07) is 9.88. The quantitative estimate of drug-likeness (QED) is 0.274. The van der Waals surface area contributed by atoms with Gasteiger partial charge in [0, 0.05) is 12.8 Å². The molecule has 3 rings (SSSR count). The predicted octanol–water partition coefficient (Wildman–Crippen LogP) is 7.66. The van der Waals surface area contributed by atoms with E-state index in [4.69, 9.17) is 16.3 Å². The fraction of sp³-hybridized carbons (Fsp3) is 0.481. The zero-order chi connectivity index (χ0) is 27.8. The molecule has 1 N–H and O–H groups in total. The van der Waals surface area contributed by atoms with Gasteiger partial charge in [-0.25, -0.2) is 8.78 Å². The number of aryl methyl sites for hydroxylation is 1. The third kappa shape index (κ3) is 7.66. The second kappa shape index (κ2) is 10.6. The molecule has 1 fully saturated rings. The Morgan fingerprint density at radius 2 is 1.70 bits per heavy atom. The Bertz CT molecular complexity index is 1140. The number of amides is 1. The van der Waals surface area contributed by atoms with Gasteiger partial charge in [0.1, 0.15) is 5.60 Å². The lowest BCUT2D eigenvalue weighted by Gasteiger charge is -2.26. The lowest BCUT2D eigenvalue weighted by Crippen LogP contribution is -2.34. The van der Waals surface area contributed by atoms with Gasteiger partial charge in [0.15, 0.2) is 0 Å². The molecule has 202 valence electrons. The number of hydrogen-bond donors (Lipinski definition) is 1. The van der Waals surface area contributed by atoms with E-state index >= 15 is 0 Å². The summed E-state index contributed by atoms with van der Waals surface area (Å²) in [5.74, 6) is -8.84. The van der Waals surface area contributed by atoms with Crippen LogP contribution < -0.4 is 5.32 Å². The van der Waals surface area contributed by atoms with E-state index in [1.807, 2.05) is 0 Å². The van der Waals surface area contributed by atoms with Crippen molar-refractivity contribution in [3.63, 3.8) is 0 Å². The first-order valence-corrected chi connectivity index (χ1v) is 12.2. The van der Waals surface area contributed by atoms with E-state index in [2.05, 4.69) is 5.32 Å². The third-order valence-electron chi connectivity index (χ3n) is 6.15. The Hall–Kier alpha value is -2.68. The lowest BCUT2D eigenvalue weighted by atomic mass is 9.85. The van der Waals surface area contributed by atoms with Crippen LogP contribution in [0.2, 0.25) is 5.02 Å². The minimum atomic E-state index is -4.69. The Labute approximate surface area is 217 Å². The van der Waals surface area contributed by atoms with Crippen LogP contribution in [0.4, 0.5) is 27.6 Å². The summed E-state index contributed by atoms with van der Waals surface area (Å²) in [5, 5.41) is 2.59. The predicted molar refractivity (Wildman–Crippen MR) is 131 cm³/mol. The number of carbonyl (C=O) groups is 2. The molecule has 1 aliphatic carbocycles. The van der Waals surface area contributed by atoms with Crippen LogP contribution in [0.25, 0.3) is 0 Å². The number of alkyl halides is 5. The molecule has 10 heteroatoms. The van der Waals surface area contributed by atoms with Crippen LogP contribution in [-0.2, 0) is 20.7 Å². The number of benzene rings is 2. The van der Waals surface area contributed by atoms with Crippen molar-refractivity contribution < 1.29 is 36.3 Å². The van der Waals surface area contributed by atoms with Crippen LogP contribution in [0.3, 0.4) is 0 Å². The van der Waals surface area contributed by atoms with Gasteiger partial charge in [-0.2, -0.15) is 13.2 Å².